The number of hydrogen-bond acceptors (Lipinski definition) is 4. The van der Waals surface area contributed by atoms with Gasteiger partial charge in [-0.1, -0.05) is 18.2 Å². The minimum atomic E-state index is -0.771. The number of hydrogen-bond donors (Lipinski definition) is 0. The van der Waals surface area contributed by atoms with Crippen molar-refractivity contribution in [2.24, 2.45) is 0 Å². The molecular formula is C16H15NO4. The number of carbonyl (C=O) groups is 2. The third-order valence-corrected chi connectivity index (χ3v) is 3.52. The lowest BCUT2D eigenvalue weighted by Crippen LogP contribution is -2.42. The number of benzene rings is 1. The van der Waals surface area contributed by atoms with E-state index in [1.54, 1.807) is 37.6 Å². The first-order valence-electron chi connectivity index (χ1n) is 6.71. The summed E-state index contributed by atoms with van der Waals surface area (Å²) in [6.07, 6.45) is 1.20. The highest BCUT2D eigenvalue weighted by Gasteiger charge is 2.32. The van der Waals surface area contributed by atoms with Gasteiger partial charge in [-0.3, -0.25) is 4.79 Å². The van der Waals surface area contributed by atoms with Crippen LogP contribution in [0, 0.1) is 0 Å². The molecule has 5 heteroatoms. The van der Waals surface area contributed by atoms with Gasteiger partial charge >= 0.3 is 5.97 Å². The van der Waals surface area contributed by atoms with E-state index in [4.69, 9.17) is 9.15 Å². The highest BCUT2D eigenvalue weighted by Crippen LogP contribution is 2.21. The van der Waals surface area contributed by atoms with Crippen molar-refractivity contribution in [3.8, 4) is 0 Å². The zero-order chi connectivity index (χ0) is 14.8. The van der Waals surface area contributed by atoms with Crippen LogP contribution in [0.3, 0.4) is 0 Å². The lowest BCUT2D eigenvalue weighted by atomic mass is 9.98. The number of ether oxygens (including phenoxy) is 1. The molecule has 1 unspecified atom stereocenters. The summed E-state index contributed by atoms with van der Waals surface area (Å²) in [5, 5.41) is 0. The molecule has 0 saturated carbocycles. The van der Waals surface area contributed by atoms with Crippen molar-refractivity contribution in [3.63, 3.8) is 0 Å². The standard InChI is InChI=1S/C16H15NO4/c1-17(10-12-6-4-8-20-12)15(18)14-9-11-5-2-3-7-13(11)16(19)21-14/h2-8,14H,9-10H2,1H3. The molecule has 3 rings (SSSR count). The summed E-state index contributed by atoms with van der Waals surface area (Å²) < 4.78 is 10.5. The van der Waals surface area contributed by atoms with Gasteiger partial charge in [-0.2, -0.15) is 0 Å². The third kappa shape index (κ3) is 2.67. The monoisotopic (exact) mass is 285 g/mol. The van der Waals surface area contributed by atoms with Crippen LogP contribution in [0.1, 0.15) is 21.7 Å². The Bertz CT molecular complexity index is 663. The number of amides is 1. The average molecular weight is 285 g/mol. The van der Waals surface area contributed by atoms with Gasteiger partial charge in [0.05, 0.1) is 18.4 Å². The molecule has 0 aliphatic carbocycles. The Kier molecular flexibility index (Phi) is 3.48. The SMILES string of the molecule is CN(Cc1ccco1)C(=O)C1Cc2ccccc2C(=O)O1. The molecule has 1 aliphatic rings. The van der Waals surface area contributed by atoms with E-state index in [0.29, 0.717) is 24.3 Å². The predicted octanol–water partition coefficient (Wildman–Crippen LogP) is 2.02. The Balaban J connectivity index is 1.73. The van der Waals surface area contributed by atoms with Gasteiger partial charge in [0.25, 0.3) is 5.91 Å². The molecule has 2 aromatic rings. The Morgan fingerprint density at radius 3 is 2.86 bits per heavy atom. The molecule has 1 aromatic carbocycles. The number of likely N-dealkylation sites (N-methyl/N-ethyl adjacent to an activating group) is 1. The fraction of sp³-hybridized carbons (Fsp3) is 0.250. The largest absolute Gasteiger partial charge is 0.467 e. The first kappa shape index (κ1) is 13.4. The second kappa shape index (κ2) is 5.44. The second-order valence-corrected chi connectivity index (χ2v) is 5.03. The summed E-state index contributed by atoms with van der Waals surface area (Å²) in [7, 11) is 1.67. The van der Waals surface area contributed by atoms with Gasteiger partial charge < -0.3 is 14.1 Å². The molecule has 1 atom stereocenters. The molecule has 5 nitrogen and oxygen atoms in total. The summed E-state index contributed by atoms with van der Waals surface area (Å²) in [6.45, 7) is 0.349. The predicted molar refractivity (Wildman–Crippen MR) is 74.5 cm³/mol. The molecular weight excluding hydrogens is 270 g/mol. The average Bonchev–Trinajstić information content (AvgIpc) is 2.99. The molecule has 2 heterocycles. The molecule has 108 valence electrons. The van der Waals surface area contributed by atoms with Crippen LogP contribution in [0.5, 0.6) is 0 Å². The van der Waals surface area contributed by atoms with Crippen molar-refractivity contribution in [1.29, 1.82) is 0 Å². The Morgan fingerprint density at radius 1 is 1.29 bits per heavy atom. The van der Waals surface area contributed by atoms with Crippen LogP contribution in [0.4, 0.5) is 0 Å². The van der Waals surface area contributed by atoms with Crippen LogP contribution in [0.15, 0.2) is 47.1 Å². The Labute approximate surface area is 122 Å². The van der Waals surface area contributed by atoms with Gasteiger partial charge in [-0.25, -0.2) is 4.79 Å². The van der Waals surface area contributed by atoms with Crippen LogP contribution in [0.25, 0.3) is 0 Å². The summed E-state index contributed by atoms with van der Waals surface area (Å²) in [5.41, 5.74) is 1.38. The van der Waals surface area contributed by atoms with Crippen molar-refractivity contribution >= 4 is 11.9 Å². The summed E-state index contributed by atoms with van der Waals surface area (Å²) in [6, 6.07) is 10.8. The maximum atomic E-state index is 12.4. The number of fused-ring (bicyclic) bond motifs is 1. The van der Waals surface area contributed by atoms with E-state index in [1.807, 2.05) is 12.1 Å². The number of nitrogens with zero attached hydrogens (tertiary/aromatic N) is 1. The number of carbonyl (C=O) groups excluding carboxylic acids is 2. The van der Waals surface area contributed by atoms with E-state index in [-0.39, 0.29) is 5.91 Å². The first-order chi connectivity index (χ1) is 10.1. The smallest absolute Gasteiger partial charge is 0.339 e. The number of cyclic esters (lactones) is 1. The van der Waals surface area contributed by atoms with Gasteiger partial charge in [-0.15, -0.1) is 0 Å². The molecule has 0 spiro atoms. The zero-order valence-corrected chi connectivity index (χ0v) is 11.6. The topological polar surface area (TPSA) is 59.8 Å². The minimum Gasteiger partial charge on any atom is -0.467 e. The molecule has 1 aromatic heterocycles. The van der Waals surface area contributed by atoms with E-state index in [9.17, 15) is 9.59 Å². The molecule has 21 heavy (non-hydrogen) atoms. The number of esters is 1. The van der Waals surface area contributed by atoms with E-state index in [2.05, 4.69) is 0 Å². The van der Waals surface area contributed by atoms with Crippen molar-refractivity contribution in [3.05, 3.63) is 59.5 Å². The number of rotatable bonds is 3. The molecule has 1 amide bonds. The Morgan fingerprint density at radius 2 is 2.10 bits per heavy atom. The summed E-state index contributed by atoms with van der Waals surface area (Å²) >= 11 is 0. The molecule has 0 N–H and O–H groups in total. The van der Waals surface area contributed by atoms with E-state index < -0.39 is 12.1 Å². The van der Waals surface area contributed by atoms with Gasteiger partial charge in [-0.05, 0) is 23.8 Å². The van der Waals surface area contributed by atoms with Crippen LogP contribution in [-0.4, -0.2) is 29.9 Å². The lowest BCUT2D eigenvalue weighted by molar-refractivity contribution is -0.140. The maximum Gasteiger partial charge on any atom is 0.339 e. The lowest BCUT2D eigenvalue weighted by Gasteiger charge is -2.27. The van der Waals surface area contributed by atoms with Crippen molar-refractivity contribution in [1.82, 2.24) is 4.90 Å². The van der Waals surface area contributed by atoms with Crippen LogP contribution in [0.2, 0.25) is 0 Å². The molecule has 0 saturated heterocycles. The van der Waals surface area contributed by atoms with Crippen molar-refractivity contribution < 1.29 is 18.7 Å². The third-order valence-electron chi connectivity index (χ3n) is 3.52. The molecule has 0 radical (unpaired) electrons. The van der Waals surface area contributed by atoms with Gasteiger partial charge in [0.1, 0.15) is 5.76 Å². The molecule has 0 bridgehead atoms. The summed E-state index contributed by atoms with van der Waals surface area (Å²) in [5.74, 6) is 0.0178. The highest BCUT2D eigenvalue weighted by atomic mass is 16.5. The van der Waals surface area contributed by atoms with Crippen molar-refractivity contribution in [2.45, 2.75) is 19.1 Å². The van der Waals surface area contributed by atoms with Gasteiger partial charge in [0.15, 0.2) is 6.10 Å². The van der Waals surface area contributed by atoms with Crippen LogP contribution < -0.4 is 0 Å². The Hall–Kier alpha value is -2.56. The minimum absolute atomic E-state index is 0.228. The number of furan rings is 1. The fourth-order valence-electron chi connectivity index (χ4n) is 2.43. The van der Waals surface area contributed by atoms with Crippen LogP contribution in [-0.2, 0) is 22.5 Å². The van der Waals surface area contributed by atoms with E-state index in [1.165, 1.54) is 4.90 Å². The van der Waals surface area contributed by atoms with Gasteiger partial charge in [0.2, 0.25) is 0 Å². The second-order valence-electron chi connectivity index (χ2n) is 5.03. The first-order valence-corrected chi connectivity index (χ1v) is 6.71. The quantitative estimate of drug-likeness (QED) is 0.809. The fourth-order valence-corrected chi connectivity index (χ4v) is 2.43. The van der Waals surface area contributed by atoms with Gasteiger partial charge in [0, 0.05) is 13.5 Å². The normalized spacial score (nSPS) is 17.0. The van der Waals surface area contributed by atoms with E-state index in [0.717, 1.165) is 5.56 Å². The van der Waals surface area contributed by atoms with Crippen molar-refractivity contribution in [2.75, 3.05) is 7.05 Å². The molecule has 1 aliphatic heterocycles. The molecule has 0 fully saturated rings. The highest BCUT2D eigenvalue weighted by molar-refractivity contribution is 5.95. The summed E-state index contributed by atoms with van der Waals surface area (Å²) in [4.78, 5) is 25.8. The maximum absolute atomic E-state index is 12.4. The zero-order valence-electron chi connectivity index (χ0n) is 11.6. The van der Waals surface area contributed by atoms with E-state index >= 15 is 0 Å². The van der Waals surface area contributed by atoms with Crippen LogP contribution >= 0.6 is 0 Å².